The molecule has 1 atom stereocenters. The van der Waals surface area contributed by atoms with Gasteiger partial charge in [0.25, 0.3) is 11.8 Å². The molecule has 5 rings (SSSR count). The number of likely N-dealkylation sites (tertiary alicyclic amines) is 1. The minimum absolute atomic E-state index is 0.00657. The summed E-state index contributed by atoms with van der Waals surface area (Å²) >= 11 is 0. The molecule has 2 aromatic rings. The van der Waals surface area contributed by atoms with E-state index in [1.165, 1.54) is 0 Å². The Labute approximate surface area is 225 Å². The van der Waals surface area contributed by atoms with Crippen LogP contribution in [0.15, 0.2) is 30.6 Å². The molecule has 0 saturated carbocycles. The minimum atomic E-state index is -1.01. The van der Waals surface area contributed by atoms with Gasteiger partial charge in [-0.1, -0.05) is 6.07 Å². The van der Waals surface area contributed by atoms with E-state index in [0.717, 1.165) is 23.3 Å². The van der Waals surface area contributed by atoms with Crippen molar-refractivity contribution in [2.24, 2.45) is 0 Å². The summed E-state index contributed by atoms with van der Waals surface area (Å²) in [4.78, 5) is 65.3. The van der Waals surface area contributed by atoms with Gasteiger partial charge < -0.3 is 15.0 Å². The predicted molar refractivity (Wildman–Crippen MR) is 139 cm³/mol. The highest BCUT2D eigenvalue weighted by Crippen LogP contribution is 2.32. The van der Waals surface area contributed by atoms with Gasteiger partial charge in [0.2, 0.25) is 17.7 Å². The zero-order valence-corrected chi connectivity index (χ0v) is 22.0. The Morgan fingerprint density at radius 2 is 1.90 bits per heavy atom. The highest BCUT2D eigenvalue weighted by molar-refractivity contribution is 6.25. The molecule has 1 unspecified atom stereocenters. The molecule has 3 aliphatic heterocycles. The number of anilines is 1. The topological polar surface area (TPSA) is 143 Å². The molecule has 2 fully saturated rings. The van der Waals surface area contributed by atoms with Crippen LogP contribution >= 0.6 is 0 Å². The third-order valence-electron chi connectivity index (χ3n) is 7.34. The van der Waals surface area contributed by atoms with Crippen LogP contribution in [0.2, 0.25) is 0 Å². The zero-order valence-electron chi connectivity index (χ0n) is 22.0. The van der Waals surface area contributed by atoms with Crippen molar-refractivity contribution in [1.29, 1.82) is 0 Å². The Hall–Kier alpha value is -4.06. The molecule has 12 heteroatoms. The number of ether oxygens (including phenoxy) is 1. The van der Waals surface area contributed by atoms with E-state index in [4.69, 9.17) is 4.74 Å². The van der Waals surface area contributed by atoms with Gasteiger partial charge in [0.05, 0.1) is 29.5 Å². The summed E-state index contributed by atoms with van der Waals surface area (Å²) in [6.07, 6.45) is 5.48. The maximum atomic E-state index is 13.3. The van der Waals surface area contributed by atoms with Crippen LogP contribution in [0.25, 0.3) is 0 Å². The third-order valence-corrected chi connectivity index (χ3v) is 7.34. The molecular formula is C27H32N6O6. The summed E-state index contributed by atoms with van der Waals surface area (Å²) in [7, 11) is 0. The SMILES string of the molecule is CC(C)OCC(=O)N1CCC(n2cc(CNc3cccc4c3C(=O)N(C3CCC(=O)NC3=O)C4=O)cn2)CC1. The Morgan fingerprint density at radius 1 is 1.13 bits per heavy atom. The van der Waals surface area contributed by atoms with Crippen molar-refractivity contribution in [3.05, 3.63) is 47.3 Å². The van der Waals surface area contributed by atoms with E-state index >= 15 is 0 Å². The number of carbonyl (C=O) groups excluding carboxylic acids is 5. The Bertz CT molecular complexity index is 1310. The summed E-state index contributed by atoms with van der Waals surface area (Å²) in [5.41, 5.74) is 1.84. The van der Waals surface area contributed by atoms with Crippen LogP contribution in [0, 0.1) is 0 Å². The van der Waals surface area contributed by atoms with E-state index in [9.17, 15) is 24.0 Å². The predicted octanol–water partition coefficient (Wildman–Crippen LogP) is 1.48. The Kier molecular flexibility index (Phi) is 7.47. The van der Waals surface area contributed by atoms with Crippen molar-refractivity contribution in [3.8, 4) is 0 Å². The lowest BCUT2D eigenvalue weighted by atomic mass is 10.0. The van der Waals surface area contributed by atoms with Crippen molar-refractivity contribution in [1.82, 2.24) is 24.9 Å². The molecule has 3 aliphatic rings. The van der Waals surface area contributed by atoms with Crippen molar-refractivity contribution in [3.63, 3.8) is 0 Å². The molecule has 1 aromatic heterocycles. The maximum absolute atomic E-state index is 13.3. The van der Waals surface area contributed by atoms with Gasteiger partial charge in [-0.15, -0.1) is 0 Å². The number of hydrogen-bond donors (Lipinski definition) is 2. The van der Waals surface area contributed by atoms with Gasteiger partial charge in [0, 0.05) is 43.5 Å². The molecule has 1 aromatic carbocycles. The monoisotopic (exact) mass is 536 g/mol. The smallest absolute Gasteiger partial charge is 0.264 e. The summed E-state index contributed by atoms with van der Waals surface area (Å²) in [5.74, 6) is -2.13. The molecule has 4 heterocycles. The van der Waals surface area contributed by atoms with E-state index in [1.54, 1.807) is 24.4 Å². The number of benzene rings is 1. The number of nitrogens with one attached hydrogen (secondary N) is 2. The Balaban J connectivity index is 1.20. The lowest BCUT2D eigenvalue weighted by molar-refractivity contribution is -0.139. The van der Waals surface area contributed by atoms with Crippen LogP contribution in [-0.4, -0.2) is 81.0 Å². The average Bonchev–Trinajstić information content (AvgIpc) is 3.49. The molecule has 0 spiro atoms. The molecule has 5 amide bonds. The first-order chi connectivity index (χ1) is 18.7. The first-order valence-corrected chi connectivity index (χ1v) is 13.2. The number of rotatable bonds is 8. The quantitative estimate of drug-likeness (QED) is 0.483. The standard InChI is InChI=1S/C27H32N6O6/c1-16(2)39-15-23(35)31-10-8-18(9-11-31)32-14-17(13-29-32)12-28-20-5-3-4-19-24(20)27(38)33(26(19)37)21-6-7-22(34)30-25(21)36/h3-5,13-14,16,18,21,28H,6-12,15H2,1-2H3,(H,30,34,36). The molecule has 39 heavy (non-hydrogen) atoms. The third kappa shape index (κ3) is 5.42. The molecule has 206 valence electrons. The van der Waals surface area contributed by atoms with E-state index in [2.05, 4.69) is 15.7 Å². The van der Waals surface area contributed by atoms with Gasteiger partial charge in [-0.25, -0.2) is 0 Å². The number of imide groups is 2. The molecule has 0 radical (unpaired) electrons. The lowest BCUT2D eigenvalue weighted by Gasteiger charge is -2.32. The van der Waals surface area contributed by atoms with Crippen LogP contribution in [0.5, 0.6) is 0 Å². The van der Waals surface area contributed by atoms with Crippen LogP contribution in [0.4, 0.5) is 5.69 Å². The van der Waals surface area contributed by atoms with Crippen LogP contribution in [0.1, 0.15) is 71.9 Å². The number of hydrogen-bond acceptors (Lipinski definition) is 8. The van der Waals surface area contributed by atoms with Gasteiger partial charge >= 0.3 is 0 Å². The molecule has 2 N–H and O–H groups in total. The van der Waals surface area contributed by atoms with Gasteiger partial charge in [-0.2, -0.15) is 5.10 Å². The van der Waals surface area contributed by atoms with E-state index in [1.807, 2.05) is 29.6 Å². The number of carbonyl (C=O) groups is 5. The van der Waals surface area contributed by atoms with E-state index in [0.29, 0.717) is 25.3 Å². The molecular weight excluding hydrogens is 504 g/mol. The zero-order chi connectivity index (χ0) is 27.7. The second-order valence-corrected chi connectivity index (χ2v) is 10.3. The summed E-state index contributed by atoms with van der Waals surface area (Å²) in [6, 6.07) is 4.14. The number of aromatic nitrogens is 2. The van der Waals surface area contributed by atoms with Crippen molar-refractivity contribution < 1.29 is 28.7 Å². The second kappa shape index (κ2) is 11.0. The first kappa shape index (κ1) is 26.5. The molecule has 0 aliphatic carbocycles. The fourth-order valence-electron chi connectivity index (χ4n) is 5.24. The second-order valence-electron chi connectivity index (χ2n) is 10.3. The Morgan fingerprint density at radius 3 is 2.62 bits per heavy atom. The van der Waals surface area contributed by atoms with Gasteiger partial charge in [-0.3, -0.25) is 38.9 Å². The van der Waals surface area contributed by atoms with Crippen molar-refractivity contribution in [2.75, 3.05) is 25.0 Å². The molecule has 12 nitrogen and oxygen atoms in total. The largest absolute Gasteiger partial charge is 0.380 e. The fourth-order valence-corrected chi connectivity index (χ4v) is 5.24. The van der Waals surface area contributed by atoms with Crippen LogP contribution in [0.3, 0.4) is 0 Å². The van der Waals surface area contributed by atoms with Gasteiger partial charge in [-0.05, 0) is 45.2 Å². The normalized spacial score (nSPS) is 20.0. The average molecular weight is 537 g/mol. The summed E-state index contributed by atoms with van der Waals surface area (Å²) < 4.78 is 7.35. The van der Waals surface area contributed by atoms with Gasteiger partial charge in [0.1, 0.15) is 12.6 Å². The van der Waals surface area contributed by atoms with Crippen LogP contribution < -0.4 is 10.6 Å². The highest BCUT2D eigenvalue weighted by Gasteiger charge is 2.45. The number of nitrogens with zero attached hydrogens (tertiary/aromatic N) is 4. The first-order valence-electron chi connectivity index (χ1n) is 13.2. The van der Waals surface area contributed by atoms with Gasteiger partial charge in [0.15, 0.2) is 0 Å². The van der Waals surface area contributed by atoms with E-state index in [-0.39, 0.29) is 48.6 Å². The fraction of sp³-hybridized carbons (Fsp3) is 0.481. The number of fused-ring (bicyclic) bond motifs is 1. The van der Waals surface area contributed by atoms with E-state index < -0.39 is 29.7 Å². The lowest BCUT2D eigenvalue weighted by Crippen LogP contribution is -2.54. The molecule has 2 saturated heterocycles. The maximum Gasteiger partial charge on any atom is 0.264 e. The number of amides is 5. The minimum Gasteiger partial charge on any atom is -0.380 e. The summed E-state index contributed by atoms with van der Waals surface area (Å²) in [5, 5.41) is 9.97. The number of piperidine rings is 2. The van der Waals surface area contributed by atoms with Crippen molar-refractivity contribution in [2.45, 2.75) is 64.3 Å². The molecule has 0 bridgehead atoms. The summed E-state index contributed by atoms with van der Waals surface area (Å²) in [6.45, 7) is 5.58. The highest BCUT2D eigenvalue weighted by atomic mass is 16.5. The van der Waals surface area contributed by atoms with Crippen LogP contribution in [-0.2, 0) is 25.7 Å². The van der Waals surface area contributed by atoms with Crippen molar-refractivity contribution >= 4 is 35.2 Å².